The largest absolute Gasteiger partial charge is 0.496 e. The molecule has 1 aromatic carbocycles. The van der Waals surface area contributed by atoms with Gasteiger partial charge >= 0.3 is 0 Å². The molecule has 0 spiro atoms. The minimum atomic E-state index is -0.192. The van der Waals surface area contributed by atoms with Crippen LogP contribution in [-0.4, -0.2) is 28.9 Å². The number of hydrogen-bond donors (Lipinski definition) is 2. The molecule has 0 saturated carbocycles. The number of nitrogens with one attached hydrogen (secondary N) is 2. The van der Waals surface area contributed by atoms with Crippen molar-refractivity contribution in [1.29, 1.82) is 0 Å². The van der Waals surface area contributed by atoms with Gasteiger partial charge in [0, 0.05) is 18.4 Å². The van der Waals surface area contributed by atoms with Crippen molar-refractivity contribution in [3.8, 4) is 17.2 Å². The first kappa shape index (κ1) is 26.1. The Balaban J connectivity index is 2.43. The zero-order valence-corrected chi connectivity index (χ0v) is 20.9. The first-order valence-electron chi connectivity index (χ1n) is 11.3. The number of aromatic nitrogens is 2. The Hall–Kier alpha value is -3.16. The van der Waals surface area contributed by atoms with E-state index in [2.05, 4.69) is 34.4 Å². The number of rotatable bonds is 10. The van der Waals surface area contributed by atoms with Crippen molar-refractivity contribution >= 4 is 23.6 Å². The van der Waals surface area contributed by atoms with Gasteiger partial charge in [0.05, 0.1) is 13.3 Å². The molecule has 2 amide bonds. The Morgan fingerprint density at radius 3 is 2.06 bits per heavy atom. The first-order chi connectivity index (χ1) is 15.5. The van der Waals surface area contributed by atoms with Crippen LogP contribution in [0, 0.1) is 18.8 Å². The normalized spacial score (nSPS) is 11.1. The summed E-state index contributed by atoms with van der Waals surface area (Å²) in [6.07, 6.45) is 2.14. The fraction of sp³-hybridized carbons (Fsp3) is 0.520. The molecule has 2 rings (SSSR count). The number of anilines is 2. The quantitative estimate of drug-likeness (QED) is 0.477. The van der Waals surface area contributed by atoms with Crippen molar-refractivity contribution in [3.05, 3.63) is 29.5 Å². The molecule has 8 nitrogen and oxygen atoms in total. The molecule has 0 radical (unpaired) electrons. The second-order valence-corrected chi connectivity index (χ2v) is 9.32. The van der Waals surface area contributed by atoms with Gasteiger partial charge in [-0.15, -0.1) is 0 Å². The number of nitrogens with zero attached hydrogens (tertiary/aromatic N) is 2. The van der Waals surface area contributed by atoms with Crippen LogP contribution in [-0.2, 0) is 9.59 Å². The van der Waals surface area contributed by atoms with Gasteiger partial charge < -0.3 is 14.8 Å². The number of ether oxygens (including phenoxy) is 2. The number of carbonyl (C=O) groups excluding carboxylic acids is 2. The molecule has 0 atom stereocenters. The molecular weight excluding hydrogens is 420 g/mol. The second-order valence-electron chi connectivity index (χ2n) is 9.32. The summed E-state index contributed by atoms with van der Waals surface area (Å²) in [5, 5.41) is 5.50. The Morgan fingerprint density at radius 2 is 1.52 bits per heavy atom. The molecule has 0 unspecified atom stereocenters. The molecule has 180 valence electrons. The number of amides is 2. The van der Waals surface area contributed by atoms with Crippen molar-refractivity contribution in [3.63, 3.8) is 0 Å². The number of aryl methyl sites for hydroxylation is 1. The summed E-state index contributed by atoms with van der Waals surface area (Å²) in [7, 11) is 1.63. The van der Waals surface area contributed by atoms with Crippen molar-refractivity contribution in [2.24, 2.45) is 11.8 Å². The zero-order chi connectivity index (χ0) is 24.7. The van der Waals surface area contributed by atoms with Gasteiger partial charge in [-0.25, -0.2) is 4.98 Å². The van der Waals surface area contributed by atoms with Gasteiger partial charge in [0.15, 0.2) is 11.6 Å². The summed E-state index contributed by atoms with van der Waals surface area (Å²) in [5.41, 5.74) is 1.87. The lowest BCUT2D eigenvalue weighted by Gasteiger charge is -2.18. The average Bonchev–Trinajstić information content (AvgIpc) is 2.68. The number of hydrogen-bond acceptors (Lipinski definition) is 6. The van der Waals surface area contributed by atoms with Gasteiger partial charge in [-0.3, -0.25) is 14.9 Å². The molecule has 2 aromatic rings. The smallest absolute Gasteiger partial charge is 0.231 e. The standard InChI is InChI=1S/C25H36N4O4/c1-14(2)9-22(30)27-24-21(13-26-25(29-24)28-23(31)10-15(3)4)33-20-11-17(7)19(32-8)12-18(20)16(5)6/h11-16H,9-10H2,1-8H3,(H2,26,27,28,29,30,31). The van der Waals surface area contributed by atoms with E-state index in [-0.39, 0.29) is 41.3 Å². The summed E-state index contributed by atoms with van der Waals surface area (Å²) < 4.78 is 11.7. The van der Waals surface area contributed by atoms with E-state index >= 15 is 0 Å². The predicted molar refractivity (Wildman–Crippen MR) is 130 cm³/mol. The molecule has 1 aromatic heterocycles. The highest BCUT2D eigenvalue weighted by molar-refractivity contribution is 5.92. The van der Waals surface area contributed by atoms with Crippen LogP contribution in [0.5, 0.6) is 17.2 Å². The fourth-order valence-electron chi connectivity index (χ4n) is 3.25. The Labute approximate surface area is 196 Å². The van der Waals surface area contributed by atoms with Gasteiger partial charge in [-0.2, -0.15) is 4.98 Å². The van der Waals surface area contributed by atoms with Crippen LogP contribution in [0.3, 0.4) is 0 Å². The third-order valence-electron chi connectivity index (χ3n) is 4.82. The fourth-order valence-corrected chi connectivity index (χ4v) is 3.25. The van der Waals surface area contributed by atoms with Crippen LogP contribution >= 0.6 is 0 Å². The van der Waals surface area contributed by atoms with E-state index in [1.54, 1.807) is 7.11 Å². The van der Waals surface area contributed by atoms with Crippen LogP contribution < -0.4 is 20.1 Å². The lowest BCUT2D eigenvalue weighted by atomic mass is 10.00. The molecule has 0 fully saturated rings. The van der Waals surface area contributed by atoms with Gasteiger partial charge in [0.2, 0.25) is 17.8 Å². The van der Waals surface area contributed by atoms with Crippen molar-refractivity contribution in [1.82, 2.24) is 9.97 Å². The second kappa shape index (κ2) is 11.6. The zero-order valence-electron chi connectivity index (χ0n) is 20.9. The van der Waals surface area contributed by atoms with E-state index in [4.69, 9.17) is 9.47 Å². The average molecular weight is 457 g/mol. The van der Waals surface area contributed by atoms with E-state index in [0.717, 1.165) is 16.9 Å². The topological polar surface area (TPSA) is 102 Å². The number of carbonyl (C=O) groups is 2. The lowest BCUT2D eigenvalue weighted by Crippen LogP contribution is -2.19. The molecule has 0 bridgehead atoms. The Morgan fingerprint density at radius 1 is 0.909 bits per heavy atom. The lowest BCUT2D eigenvalue weighted by molar-refractivity contribution is -0.117. The summed E-state index contributed by atoms with van der Waals surface area (Å²) >= 11 is 0. The summed E-state index contributed by atoms with van der Waals surface area (Å²) in [6, 6.07) is 3.85. The minimum absolute atomic E-state index is 0.114. The van der Waals surface area contributed by atoms with Gasteiger partial charge in [-0.05, 0) is 42.4 Å². The van der Waals surface area contributed by atoms with Crippen LogP contribution in [0.25, 0.3) is 0 Å². The third kappa shape index (κ3) is 7.73. The molecular formula is C25H36N4O4. The molecule has 2 N–H and O–H groups in total. The van der Waals surface area contributed by atoms with E-state index in [9.17, 15) is 9.59 Å². The Bertz CT molecular complexity index is 987. The van der Waals surface area contributed by atoms with Crippen molar-refractivity contribution < 1.29 is 19.1 Å². The van der Waals surface area contributed by atoms with E-state index in [1.165, 1.54) is 6.20 Å². The van der Waals surface area contributed by atoms with E-state index in [0.29, 0.717) is 24.3 Å². The van der Waals surface area contributed by atoms with E-state index in [1.807, 2.05) is 46.8 Å². The number of methoxy groups -OCH3 is 1. The molecule has 0 aliphatic rings. The SMILES string of the molecule is COc1cc(C(C)C)c(Oc2cnc(NC(=O)CC(C)C)nc2NC(=O)CC(C)C)cc1C. The maximum absolute atomic E-state index is 12.5. The van der Waals surface area contributed by atoms with Gasteiger partial charge in [0.25, 0.3) is 0 Å². The molecule has 0 aliphatic carbocycles. The molecule has 0 saturated heterocycles. The van der Waals surface area contributed by atoms with Gasteiger partial charge in [0.1, 0.15) is 11.5 Å². The number of benzene rings is 1. The maximum Gasteiger partial charge on any atom is 0.231 e. The van der Waals surface area contributed by atoms with E-state index < -0.39 is 0 Å². The monoisotopic (exact) mass is 456 g/mol. The highest BCUT2D eigenvalue weighted by Crippen LogP contribution is 2.37. The maximum atomic E-state index is 12.5. The summed E-state index contributed by atoms with van der Waals surface area (Å²) in [5.74, 6) is 2.18. The first-order valence-corrected chi connectivity index (χ1v) is 11.3. The van der Waals surface area contributed by atoms with Crippen molar-refractivity contribution in [2.75, 3.05) is 17.7 Å². The Kier molecular flexibility index (Phi) is 9.20. The molecule has 8 heteroatoms. The minimum Gasteiger partial charge on any atom is -0.496 e. The van der Waals surface area contributed by atoms with Gasteiger partial charge in [-0.1, -0.05) is 41.5 Å². The predicted octanol–water partition coefficient (Wildman–Crippen LogP) is 5.68. The highest BCUT2D eigenvalue weighted by Gasteiger charge is 2.19. The summed E-state index contributed by atoms with van der Waals surface area (Å²) in [4.78, 5) is 33.3. The van der Waals surface area contributed by atoms with Crippen LogP contribution in [0.2, 0.25) is 0 Å². The molecule has 33 heavy (non-hydrogen) atoms. The summed E-state index contributed by atoms with van der Waals surface area (Å²) in [6.45, 7) is 13.9. The molecule has 0 aliphatic heterocycles. The molecule has 1 heterocycles. The van der Waals surface area contributed by atoms with Crippen LogP contribution in [0.15, 0.2) is 18.3 Å². The van der Waals surface area contributed by atoms with Crippen LogP contribution in [0.4, 0.5) is 11.8 Å². The third-order valence-corrected chi connectivity index (χ3v) is 4.82. The highest BCUT2D eigenvalue weighted by atomic mass is 16.5. The van der Waals surface area contributed by atoms with Crippen LogP contribution in [0.1, 0.15) is 71.4 Å². The van der Waals surface area contributed by atoms with Crippen molar-refractivity contribution in [2.45, 2.75) is 67.2 Å².